The first-order valence-electron chi connectivity index (χ1n) is 4.38. The van der Waals surface area contributed by atoms with E-state index >= 15 is 0 Å². The lowest BCUT2D eigenvalue weighted by Gasteiger charge is -2.15. The Balaban J connectivity index is 0. The summed E-state index contributed by atoms with van der Waals surface area (Å²) >= 11 is 0. The van der Waals surface area contributed by atoms with Crippen molar-refractivity contribution >= 4 is 5.71 Å². The second-order valence-corrected chi connectivity index (χ2v) is 3.24. The van der Waals surface area contributed by atoms with E-state index in [4.69, 9.17) is 5.21 Å². The monoisotopic (exact) mass is 186 g/mol. The molecule has 0 spiro atoms. The third kappa shape index (κ3) is 4.91. The highest BCUT2D eigenvalue weighted by molar-refractivity contribution is 5.96. The van der Waals surface area contributed by atoms with Crippen molar-refractivity contribution in [1.29, 1.82) is 0 Å². The van der Waals surface area contributed by atoms with E-state index in [2.05, 4.69) is 12.1 Å². The highest BCUT2D eigenvalue weighted by Gasteiger charge is 2.13. The van der Waals surface area contributed by atoms with Gasteiger partial charge in [0.15, 0.2) is 0 Å². The number of nitrogens with zero attached hydrogens (tertiary/aromatic N) is 1. The fraction of sp³-hybridized carbons (Fsp3) is 0.818. The van der Waals surface area contributed by atoms with Gasteiger partial charge in [0.05, 0.1) is 5.71 Å². The molecule has 1 N–H and O–H groups in total. The molecule has 0 atom stereocenters. The lowest BCUT2D eigenvalue weighted by Crippen LogP contribution is -2.11. The van der Waals surface area contributed by atoms with Crippen molar-refractivity contribution in [3.8, 4) is 0 Å². The molecule has 2 nitrogen and oxygen atoms in total. The topological polar surface area (TPSA) is 32.6 Å². The van der Waals surface area contributed by atoms with E-state index in [0.29, 0.717) is 0 Å². The van der Waals surface area contributed by atoms with Crippen LogP contribution in [0, 0.1) is 5.92 Å². The molecule has 1 saturated carbocycles. The van der Waals surface area contributed by atoms with Gasteiger partial charge in [0.2, 0.25) is 0 Å². The Kier molecular flexibility index (Phi) is 9.31. The van der Waals surface area contributed by atoms with Crippen molar-refractivity contribution in [2.75, 3.05) is 0 Å². The van der Waals surface area contributed by atoms with Crippen LogP contribution in [0.5, 0.6) is 0 Å². The standard InChI is InChI=1S/C9H16NO.2CH4/c1-8-6-4-2-3-5-7-9(8)10-11;;/h11H,2-7H2,1H3;2*1H4. The summed E-state index contributed by atoms with van der Waals surface area (Å²) in [5.74, 6) is 1.27. The maximum Gasteiger partial charge on any atom is 0.0638 e. The van der Waals surface area contributed by atoms with Crippen molar-refractivity contribution in [3.05, 3.63) is 5.92 Å². The molecule has 1 rings (SSSR count). The van der Waals surface area contributed by atoms with Gasteiger partial charge in [-0.05, 0) is 19.3 Å². The molecule has 0 heterocycles. The zero-order valence-electron chi connectivity index (χ0n) is 7.14. The van der Waals surface area contributed by atoms with Gasteiger partial charge in [-0.1, -0.05) is 46.2 Å². The van der Waals surface area contributed by atoms with E-state index in [9.17, 15) is 0 Å². The minimum Gasteiger partial charge on any atom is -0.411 e. The zero-order chi connectivity index (χ0) is 8.10. The van der Waals surface area contributed by atoms with Crippen molar-refractivity contribution in [2.24, 2.45) is 5.16 Å². The quantitative estimate of drug-likeness (QED) is 0.449. The molecule has 0 saturated heterocycles. The molecule has 0 amide bonds. The molecular weight excluding hydrogens is 162 g/mol. The van der Waals surface area contributed by atoms with Crippen LogP contribution < -0.4 is 0 Å². The zero-order valence-corrected chi connectivity index (χ0v) is 7.14. The molecule has 0 aromatic heterocycles. The Morgan fingerprint density at radius 3 is 2.08 bits per heavy atom. The highest BCUT2D eigenvalue weighted by Crippen LogP contribution is 2.21. The largest absolute Gasteiger partial charge is 0.411 e. The van der Waals surface area contributed by atoms with Crippen LogP contribution in [0.1, 0.15) is 60.3 Å². The smallest absolute Gasteiger partial charge is 0.0638 e. The molecule has 13 heavy (non-hydrogen) atoms. The Hall–Kier alpha value is -0.530. The molecule has 0 aliphatic heterocycles. The number of oxime groups is 1. The molecule has 0 bridgehead atoms. The lowest BCUT2D eigenvalue weighted by molar-refractivity contribution is 0.316. The molecule has 1 aliphatic carbocycles. The SMILES string of the molecule is C.C.C[C]1CCCCCCC1=NO. The number of hydrogen-bond donors (Lipinski definition) is 1. The van der Waals surface area contributed by atoms with Crippen LogP contribution in [0.25, 0.3) is 0 Å². The summed E-state index contributed by atoms with van der Waals surface area (Å²) < 4.78 is 0. The number of hydrogen-bond acceptors (Lipinski definition) is 2. The molecule has 1 radical (unpaired) electrons. The molecule has 2 heteroatoms. The molecule has 0 unspecified atom stereocenters. The average Bonchev–Trinajstić information content (AvgIpc) is 1.98. The van der Waals surface area contributed by atoms with E-state index in [1.807, 2.05) is 0 Å². The minimum absolute atomic E-state index is 0. The summed E-state index contributed by atoms with van der Waals surface area (Å²) in [6.07, 6.45) is 7.12. The Bertz CT molecular complexity index is 143. The first-order valence-corrected chi connectivity index (χ1v) is 4.38. The van der Waals surface area contributed by atoms with E-state index < -0.39 is 0 Å². The van der Waals surface area contributed by atoms with Crippen LogP contribution in [-0.4, -0.2) is 10.9 Å². The van der Waals surface area contributed by atoms with Crippen molar-refractivity contribution in [3.63, 3.8) is 0 Å². The maximum absolute atomic E-state index is 8.65. The average molecular weight is 186 g/mol. The highest BCUT2D eigenvalue weighted by atomic mass is 16.4. The summed E-state index contributed by atoms with van der Waals surface area (Å²) in [5, 5.41) is 12.0. The van der Waals surface area contributed by atoms with E-state index in [1.54, 1.807) is 0 Å². The Morgan fingerprint density at radius 1 is 1.00 bits per heavy atom. The molecular formula is C11H24NO. The van der Waals surface area contributed by atoms with Gasteiger partial charge < -0.3 is 5.21 Å². The van der Waals surface area contributed by atoms with Gasteiger partial charge in [0.25, 0.3) is 0 Å². The molecule has 79 valence electrons. The van der Waals surface area contributed by atoms with Crippen LogP contribution in [0.15, 0.2) is 5.16 Å². The number of rotatable bonds is 0. The Labute approximate surface area is 83.0 Å². The van der Waals surface area contributed by atoms with Crippen LogP contribution in [0.2, 0.25) is 0 Å². The van der Waals surface area contributed by atoms with E-state index in [0.717, 1.165) is 18.6 Å². The molecule has 0 aromatic carbocycles. The first-order chi connectivity index (χ1) is 5.34. The van der Waals surface area contributed by atoms with Gasteiger partial charge in [-0.2, -0.15) is 0 Å². The van der Waals surface area contributed by atoms with Crippen LogP contribution in [0.4, 0.5) is 0 Å². The maximum atomic E-state index is 8.65. The van der Waals surface area contributed by atoms with Crippen LogP contribution >= 0.6 is 0 Å². The fourth-order valence-electron chi connectivity index (χ4n) is 1.53. The van der Waals surface area contributed by atoms with Gasteiger partial charge >= 0.3 is 0 Å². The predicted molar refractivity (Wildman–Crippen MR) is 59.3 cm³/mol. The third-order valence-corrected chi connectivity index (χ3v) is 2.33. The second-order valence-electron chi connectivity index (χ2n) is 3.24. The van der Waals surface area contributed by atoms with E-state index in [-0.39, 0.29) is 14.9 Å². The minimum atomic E-state index is 0. The van der Waals surface area contributed by atoms with Crippen LogP contribution in [-0.2, 0) is 0 Å². The van der Waals surface area contributed by atoms with Gasteiger partial charge in [-0.25, -0.2) is 0 Å². The summed E-state index contributed by atoms with van der Waals surface area (Å²) in [6.45, 7) is 2.07. The second kappa shape index (κ2) is 8.09. The van der Waals surface area contributed by atoms with Gasteiger partial charge in [-0.15, -0.1) is 0 Å². The summed E-state index contributed by atoms with van der Waals surface area (Å²) in [6, 6.07) is 0. The summed E-state index contributed by atoms with van der Waals surface area (Å²) in [4.78, 5) is 0. The molecule has 1 fully saturated rings. The van der Waals surface area contributed by atoms with Gasteiger partial charge in [-0.3, -0.25) is 0 Å². The first kappa shape index (κ1) is 15.0. The summed E-state index contributed by atoms with van der Waals surface area (Å²) in [5.41, 5.74) is 0.921. The van der Waals surface area contributed by atoms with Crippen LogP contribution in [0.3, 0.4) is 0 Å². The molecule has 1 aliphatic rings. The fourth-order valence-corrected chi connectivity index (χ4v) is 1.53. The summed E-state index contributed by atoms with van der Waals surface area (Å²) in [7, 11) is 0. The molecule has 0 aromatic rings. The van der Waals surface area contributed by atoms with Gasteiger partial charge in [0, 0.05) is 5.92 Å². The third-order valence-electron chi connectivity index (χ3n) is 2.33. The van der Waals surface area contributed by atoms with E-state index in [1.165, 1.54) is 31.6 Å². The Morgan fingerprint density at radius 2 is 1.54 bits per heavy atom. The van der Waals surface area contributed by atoms with Crippen molar-refractivity contribution in [1.82, 2.24) is 0 Å². The normalized spacial score (nSPS) is 22.4. The predicted octanol–water partition coefficient (Wildman–Crippen LogP) is 4.04. The van der Waals surface area contributed by atoms with Crippen molar-refractivity contribution in [2.45, 2.75) is 60.3 Å². The van der Waals surface area contributed by atoms with Gasteiger partial charge in [0.1, 0.15) is 0 Å². The van der Waals surface area contributed by atoms with Crippen molar-refractivity contribution < 1.29 is 5.21 Å². The lowest BCUT2D eigenvalue weighted by atomic mass is 9.91.